The third-order valence-electron chi connectivity index (χ3n) is 7.70. The van der Waals surface area contributed by atoms with Crippen LogP contribution in [0.5, 0.6) is 5.75 Å². The van der Waals surface area contributed by atoms with Crippen LogP contribution in [0.3, 0.4) is 0 Å². The lowest BCUT2D eigenvalue weighted by atomic mass is 9.58. The number of ether oxygens (including phenoxy) is 1. The van der Waals surface area contributed by atoms with E-state index in [9.17, 15) is 19.7 Å². The molecule has 4 rings (SSSR count). The Labute approximate surface area is 214 Å². The topological polar surface area (TPSA) is 96.3 Å². The molecule has 2 aliphatic heterocycles. The molecule has 1 aromatic carbocycles. The fourth-order valence-corrected chi connectivity index (χ4v) is 6.34. The SMILES string of the molecule is CCC/C(=C\c1cccc(O)c1)CC[C@H]1OB(O)C[C@H]2C1=C(COC)C[C@H]1C(=O)N(CCC)C(=O)[C@H]12. The number of carbonyl (C=O) groups is 2. The first-order valence-corrected chi connectivity index (χ1v) is 13.3. The van der Waals surface area contributed by atoms with Gasteiger partial charge in [0, 0.05) is 13.7 Å². The van der Waals surface area contributed by atoms with E-state index in [1.54, 1.807) is 19.2 Å². The minimum absolute atomic E-state index is 0.0867. The number of methoxy groups -OCH3 is 1. The highest BCUT2D eigenvalue weighted by Gasteiger charge is 2.57. The van der Waals surface area contributed by atoms with Crippen LogP contribution in [-0.2, 0) is 19.0 Å². The summed E-state index contributed by atoms with van der Waals surface area (Å²) >= 11 is 0. The summed E-state index contributed by atoms with van der Waals surface area (Å²) in [6, 6.07) is 7.21. The lowest BCUT2D eigenvalue weighted by Gasteiger charge is -2.43. The van der Waals surface area contributed by atoms with Gasteiger partial charge in [-0.1, -0.05) is 44.1 Å². The average Bonchev–Trinajstić information content (AvgIpc) is 3.07. The lowest BCUT2D eigenvalue weighted by molar-refractivity contribution is -0.140. The van der Waals surface area contributed by atoms with Gasteiger partial charge >= 0.3 is 7.12 Å². The van der Waals surface area contributed by atoms with Crippen molar-refractivity contribution in [1.29, 1.82) is 0 Å². The third kappa shape index (κ3) is 5.46. The van der Waals surface area contributed by atoms with Crippen LogP contribution >= 0.6 is 0 Å². The molecule has 2 N–H and O–H groups in total. The van der Waals surface area contributed by atoms with Crippen molar-refractivity contribution < 1.29 is 29.1 Å². The van der Waals surface area contributed by atoms with Gasteiger partial charge < -0.3 is 19.5 Å². The van der Waals surface area contributed by atoms with Crippen LogP contribution in [0.2, 0.25) is 6.32 Å². The summed E-state index contributed by atoms with van der Waals surface area (Å²) in [7, 11) is 0.670. The third-order valence-corrected chi connectivity index (χ3v) is 7.70. The van der Waals surface area contributed by atoms with Gasteiger partial charge in [0.2, 0.25) is 11.8 Å². The van der Waals surface area contributed by atoms with Crippen LogP contribution in [0.15, 0.2) is 41.0 Å². The standard InChI is InChI=1S/C28H38BNO6/c1-4-7-18(13-19-8-6-9-21(31)14-19)10-11-24-25-20(17-35-3)15-22-26(23(25)16-29(34)36-24)28(33)30(12-5-2)27(22)32/h6,8-9,13-14,22-24,26,31,34H,4-5,7,10-12,15-17H2,1-3H3/b18-13+/t22-,23+,24-,26-/m1/s1. The molecule has 1 aliphatic carbocycles. The first-order valence-electron chi connectivity index (χ1n) is 13.3. The largest absolute Gasteiger partial charge is 0.508 e. The summed E-state index contributed by atoms with van der Waals surface area (Å²) in [4.78, 5) is 27.9. The Hall–Kier alpha value is -2.42. The first kappa shape index (κ1) is 26.6. The van der Waals surface area contributed by atoms with Crippen LogP contribution in [-0.4, -0.2) is 60.3 Å². The van der Waals surface area contributed by atoms with Crippen molar-refractivity contribution >= 4 is 25.0 Å². The van der Waals surface area contributed by atoms with Crippen LogP contribution in [0.4, 0.5) is 0 Å². The summed E-state index contributed by atoms with van der Waals surface area (Å²) in [5.74, 6) is -0.981. The summed E-state index contributed by atoms with van der Waals surface area (Å²) in [6.45, 7) is 4.93. The number of nitrogens with zero attached hydrogens (tertiary/aromatic N) is 1. The number of carbonyl (C=O) groups excluding carboxylic acids is 2. The number of rotatable bonds is 10. The van der Waals surface area contributed by atoms with Gasteiger partial charge in [0.15, 0.2) is 0 Å². The smallest absolute Gasteiger partial charge is 0.455 e. The number of likely N-dealkylation sites (tertiary alicyclic amines) is 1. The number of phenols is 1. The molecule has 0 spiro atoms. The van der Waals surface area contributed by atoms with Gasteiger partial charge in [0.25, 0.3) is 0 Å². The summed E-state index contributed by atoms with van der Waals surface area (Å²) in [5, 5.41) is 20.5. The summed E-state index contributed by atoms with van der Waals surface area (Å²) < 4.78 is 11.6. The quantitative estimate of drug-likeness (QED) is 0.287. The predicted octanol–water partition coefficient (Wildman–Crippen LogP) is 4.21. The van der Waals surface area contributed by atoms with Crippen molar-refractivity contribution in [3.63, 3.8) is 0 Å². The van der Waals surface area contributed by atoms with E-state index in [-0.39, 0.29) is 35.5 Å². The molecule has 0 radical (unpaired) electrons. The molecular formula is C28H38BNO6. The fraction of sp³-hybridized carbons (Fsp3) is 0.571. The second-order valence-corrected chi connectivity index (χ2v) is 10.3. The monoisotopic (exact) mass is 495 g/mol. The Balaban J connectivity index is 1.62. The van der Waals surface area contributed by atoms with Crippen molar-refractivity contribution in [1.82, 2.24) is 4.90 Å². The van der Waals surface area contributed by atoms with E-state index in [1.807, 2.05) is 19.1 Å². The average molecular weight is 495 g/mol. The molecule has 0 saturated carbocycles. The number of allylic oxidation sites excluding steroid dienone is 1. The van der Waals surface area contributed by atoms with Crippen LogP contribution < -0.4 is 0 Å². The van der Waals surface area contributed by atoms with Crippen molar-refractivity contribution in [2.45, 2.75) is 64.8 Å². The zero-order valence-electron chi connectivity index (χ0n) is 21.6. The number of hydrogen-bond acceptors (Lipinski definition) is 6. The molecule has 2 fully saturated rings. The predicted molar refractivity (Wildman–Crippen MR) is 139 cm³/mol. The maximum absolute atomic E-state index is 13.4. The Morgan fingerprint density at radius 2 is 2.00 bits per heavy atom. The molecule has 0 aromatic heterocycles. The summed E-state index contributed by atoms with van der Waals surface area (Å²) in [6.07, 6.45) is 6.67. The number of imide groups is 1. The van der Waals surface area contributed by atoms with Gasteiger partial charge in [0.05, 0.1) is 24.5 Å². The molecule has 0 bridgehead atoms. The Morgan fingerprint density at radius 3 is 2.69 bits per heavy atom. The maximum Gasteiger partial charge on any atom is 0.455 e. The van der Waals surface area contributed by atoms with E-state index in [1.165, 1.54) is 10.5 Å². The molecule has 36 heavy (non-hydrogen) atoms. The van der Waals surface area contributed by atoms with Gasteiger partial charge in [-0.15, -0.1) is 0 Å². The van der Waals surface area contributed by atoms with Gasteiger partial charge in [-0.25, -0.2) is 0 Å². The highest BCUT2D eigenvalue weighted by atomic mass is 16.5. The number of fused-ring (bicyclic) bond motifs is 3. The minimum atomic E-state index is -0.973. The molecule has 194 valence electrons. The van der Waals surface area contributed by atoms with E-state index in [4.69, 9.17) is 9.39 Å². The van der Waals surface area contributed by atoms with Crippen molar-refractivity contribution in [2.24, 2.45) is 17.8 Å². The number of aromatic hydroxyl groups is 1. The number of amides is 2. The second kappa shape index (κ2) is 11.8. The molecular weight excluding hydrogens is 457 g/mol. The minimum Gasteiger partial charge on any atom is -0.508 e. The summed E-state index contributed by atoms with van der Waals surface area (Å²) in [5.41, 5.74) is 4.28. The zero-order valence-corrected chi connectivity index (χ0v) is 21.6. The normalized spacial score (nSPS) is 26.5. The molecule has 8 heteroatoms. The van der Waals surface area contributed by atoms with Crippen molar-refractivity contribution in [3.8, 4) is 5.75 Å². The molecule has 2 saturated heterocycles. The highest BCUT2D eigenvalue weighted by Crippen LogP contribution is 2.50. The van der Waals surface area contributed by atoms with Gasteiger partial charge in [-0.2, -0.15) is 0 Å². The molecule has 2 heterocycles. The van der Waals surface area contributed by atoms with E-state index >= 15 is 0 Å². The molecule has 4 atom stereocenters. The van der Waals surface area contributed by atoms with E-state index < -0.39 is 13.0 Å². The van der Waals surface area contributed by atoms with Crippen molar-refractivity contribution in [3.05, 3.63) is 46.5 Å². The second-order valence-electron chi connectivity index (χ2n) is 10.3. The number of benzene rings is 1. The number of phenolic OH excluding ortho intramolecular Hbond substituents is 1. The number of hydrogen-bond donors (Lipinski definition) is 2. The maximum atomic E-state index is 13.4. The van der Waals surface area contributed by atoms with Gasteiger partial charge in [-0.05, 0) is 73.2 Å². The molecule has 3 aliphatic rings. The van der Waals surface area contributed by atoms with E-state index in [0.29, 0.717) is 32.3 Å². The molecule has 2 amide bonds. The van der Waals surface area contributed by atoms with Crippen LogP contribution in [0, 0.1) is 17.8 Å². The van der Waals surface area contributed by atoms with E-state index in [2.05, 4.69) is 13.0 Å². The Kier molecular flexibility index (Phi) is 8.70. The van der Waals surface area contributed by atoms with Gasteiger partial charge in [0.1, 0.15) is 5.75 Å². The van der Waals surface area contributed by atoms with Gasteiger partial charge in [-0.3, -0.25) is 14.5 Å². The zero-order chi connectivity index (χ0) is 25.8. The Bertz CT molecular complexity index is 1040. The molecule has 0 unspecified atom stereocenters. The fourth-order valence-electron chi connectivity index (χ4n) is 6.34. The molecule has 7 nitrogen and oxygen atoms in total. The highest BCUT2D eigenvalue weighted by molar-refractivity contribution is 6.43. The Morgan fingerprint density at radius 1 is 1.19 bits per heavy atom. The molecule has 1 aromatic rings. The van der Waals surface area contributed by atoms with Crippen LogP contribution in [0.1, 0.15) is 57.9 Å². The van der Waals surface area contributed by atoms with Crippen LogP contribution in [0.25, 0.3) is 6.08 Å². The van der Waals surface area contributed by atoms with Crippen molar-refractivity contribution in [2.75, 3.05) is 20.3 Å². The lowest BCUT2D eigenvalue weighted by Crippen LogP contribution is -2.46. The first-order chi connectivity index (χ1) is 17.4. The van der Waals surface area contributed by atoms with E-state index in [0.717, 1.165) is 42.4 Å².